The number of Topliss-reactive ketones (excluding diaryl/α,β-unsaturated/α-hetero) is 1. The standard InChI is InChI=1S/C24H24N4O3/c1-18(29)20-7-9-21(10-8-20)26-13-15-27(16-14-26)24(31)22-11-12-23(30)28(25-22)17-19-5-3-2-4-6-19/h2-12H,13-17H2,1H3. The van der Waals surface area contributed by atoms with Gasteiger partial charge >= 0.3 is 0 Å². The number of ketones is 1. The average molecular weight is 416 g/mol. The number of aromatic nitrogens is 2. The van der Waals surface area contributed by atoms with Crippen LogP contribution in [0.5, 0.6) is 0 Å². The van der Waals surface area contributed by atoms with E-state index in [1.54, 1.807) is 11.8 Å². The molecule has 2 heterocycles. The van der Waals surface area contributed by atoms with Gasteiger partial charge in [-0.2, -0.15) is 5.10 Å². The van der Waals surface area contributed by atoms with Gasteiger partial charge in [0.1, 0.15) is 5.69 Å². The summed E-state index contributed by atoms with van der Waals surface area (Å²) in [7, 11) is 0. The third-order valence-electron chi connectivity index (χ3n) is 5.47. The summed E-state index contributed by atoms with van der Waals surface area (Å²) in [4.78, 5) is 40.6. The van der Waals surface area contributed by atoms with Crippen molar-refractivity contribution in [2.75, 3.05) is 31.1 Å². The van der Waals surface area contributed by atoms with E-state index < -0.39 is 0 Å². The first-order valence-electron chi connectivity index (χ1n) is 10.3. The maximum atomic E-state index is 13.0. The number of carbonyl (C=O) groups excluding carboxylic acids is 2. The summed E-state index contributed by atoms with van der Waals surface area (Å²) in [5.74, 6) is -0.128. The van der Waals surface area contributed by atoms with Crippen LogP contribution in [-0.2, 0) is 6.54 Å². The molecule has 1 aliphatic rings. The van der Waals surface area contributed by atoms with Crippen molar-refractivity contribution in [3.63, 3.8) is 0 Å². The number of amides is 1. The Morgan fingerprint density at radius 1 is 0.871 bits per heavy atom. The first-order valence-corrected chi connectivity index (χ1v) is 10.3. The van der Waals surface area contributed by atoms with Gasteiger partial charge in [-0.3, -0.25) is 14.4 Å². The van der Waals surface area contributed by atoms with Crippen molar-refractivity contribution < 1.29 is 9.59 Å². The van der Waals surface area contributed by atoms with Crippen molar-refractivity contribution in [3.8, 4) is 0 Å². The van der Waals surface area contributed by atoms with Crippen molar-refractivity contribution in [1.82, 2.24) is 14.7 Å². The highest BCUT2D eigenvalue weighted by Crippen LogP contribution is 2.18. The second-order valence-corrected chi connectivity index (χ2v) is 7.58. The van der Waals surface area contributed by atoms with Gasteiger partial charge in [0, 0.05) is 43.5 Å². The molecule has 0 saturated carbocycles. The molecule has 0 bridgehead atoms. The molecule has 1 amide bonds. The SMILES string of the molecule is CC(=O)c1ccc(N2CCN(C(=O)c3ccc(=O)n(Cc4ccccc4)n3)CC2)cc1. The van der Waals surface area contributed by atoms with Gasteiger partial charge in [0.25, 0.3) is 11.5 Å². The van der Waals surface area contributed by atoms with Crippen molar-refractivity contribution in [2.45, 2.75) is 13.5 Å². The van der Waals surface area contributed by atoms with Crippen LogP contribution in [0.15, 0.2) is 71.5 Å². The van der Waals surface area contributed by atoms with E-state index in [1.165, 1.54) is 16.8 Å². The zero-order valence-electron chi connectivity index (χ0n) is 17.4. The van der Waals surface area contributed by atoms with Gasteiger partial charge < -0.3 is 9.80 Å². The van der Waals surface area contributed by atoms with Gasteiger partial charge in [0.15, 0.2) is 5.78 Å². The van der Waals surface area contributed by atoms with Crippen LogP contribution in [-0.4, -0.2) is 52.5 Å². The van der Waals surface area contributed by atoms with Crippen molar-refractivity contribution in [3.05, 3.63) is 93.9 Å². The number of piperazine rings is 1. The minimum atomic E-state index is -0.237. The maximum Gasteiger partial charge on any atom is 0.274 e. The second-order valence-electron chi connectivity index (χ2n) is 7.58. The third-order valence-corrected chi connectivity index (χ3v) is 5.47. The monoisotopic (exact) mass is 416 g/mol. The molecular formula is C24H24N4O3. The Kier molecular flexibility index (Phi) is 5.93. The smallest absolute Gasteiger partial charge is 0.274 e. The molecule has 1 fully saturated rings. The third kappa shape index (κ3) is 4.71. The number of carbonyl (C=O) groups is 2. The van der Waals surface area contributed by atoms with E-state index in [4.69, 9.17) is 0 Å². The van der Waals surface area contributed by atoms with E-state index in [9.17, 15) is 14.4 Å². The van der Waals surface area contributed by atoms with E-state index in [0.717, 1.165) is 11.3 Å². The van der Waals surface area contributed by atoms with Gasteiger partial charge in [-0.15, -0.1) is 0 Å². The summed E-state index contributed by atoms with van der Waals surface area (Å²) in [5, 5.41) is 4.31. The van der Waals surface area contributed by atoms with Crippen molar-refractivity contribution >= 4 is 17.4 Å². The highest BCUT2D eigenvalue weighted by Gasteiger charge is 2.24. The fourth-order valence-electron chi connectivity index (χ4n) is 3.67. The largest absolute Gasteiger partial charge is 0.368 e. The Hall–Kier alpha value is -3.74. The molecule has 158 valence electrons. The molecule has 0 spiro atoms. The van der Waals surface area contributed by atoms with Crippen molar-refractivity contribution in [1.29, 1.82) is 0 Å². The topological polar surface area (TPSA) is 75.5 Å². The quantitative estimate of drug-likeness (QED) is 0.598. The van der Waals surface area contributed by atoms with Crippen LogP contribution < -0.4 is 10.5 Å². The van der Waals surface area contributed by atoms with Crippen LogP contribution in [0, 0.1) is 0 Å². The summed E-state index contributed by atoms with van der Waals surface area (Å²) in [6, 6.07) is 20.0. The van der Waals surface area contributed by atoms with E-state index in [2.05, 4.69) is 10.00 Å². The van der Waals surface area contributed by atoms with Gasteiger partial charge in [-0.25, -0.2) is 4.68 Å². The van der Waals surface area contributed by atoms with E-state index in [-0.39, 0.29) is 22.9 Å². The Balaban J connectivity index is 1.42. The normalized spacial score (nSPS) is 13.8. The lowest BCUT2D eigenvalue weighted by Gasteiger charge is -2.36. The lowest BCUT2D eigenvalue weighted by atomic mass is 10.1. The summed E-state index contributed by atoms with van der Waals surface area (Å²) >= 11 is 0. The fourth-order valence-corrected chi connectivity index (χ4v) is 3.67. The number of hydrogen-bond donors (Lipinski definition) is 0. The molecule has 0 radical (unpaired) electrons. The molecular weight excluding hydrogens is 392 g/mol. The summed E-state index contributed by atoms with van der Waals surface area (Å²) in [6.07, 6.45) is 0. The maximum absolute atomic E-state index is 13.0. The summed E-state index contributed by atoms with van der Waals surface area (Å²) in [5.41, 5.74) is 2.71. The highest BCUT2D eigenvalue weighted by molar-refractivity contribution is 5.94. The summed E-state index contributed by atoms with van der Waals surface area (Å²) < 4.78 is 1.33. The molecule has 7 nitrogen and oxygen atoms in total. The summed E-state index contributed by atoms with van der Waals surface area (Å²) in [6.45, 7) is 4.38. The molecule has 3 aromatic rings. The Morgan fingerprint density at radius 3 is 2.19 bits per heavy atom. The molecule has 1 aliphatic heterocycles. The zero-order valence-corrected chi connectivity index (χ0v) is 17.4. The van der Waals surface area contributed by atoms with E-state index in [0.29, 0.717) is 38.3 Å². The molecule has 2 aromatic carbocycles. The minimum Gasteiger partial charge on any atom is -0.368 e. The van der Waals surface area contributed by atoms with Crippen LogP contribution in [0.2, 0.25) is 0 Å². The molecule has 0 atom stereocenters. The molecule has 0 unspecified atom stereocenters. The minimum absolute atomic E-state index is 0.0445. The van der Waals surface area contributed by atoms with Crippen LogP contribution >= 0.6 is 0 Å². The Bertz CT molecular complexity index is 1130. The van der Waals surface area contributed by atoms with E-state index >= 15 is 0 Å². The fraction of sp³-hybridized carbons (Fsp3) is 0.250. The molecule has 4 rings (SSSR count). The number of rotatable bonds is 5. The molecule has 0 aliphatic carbocycles. The predicted octanol–water partition coefficient (Wildman–Crippen LogP) is 2.46. The molecule has 0 N–H and O–H groups in total. The zero-order chi connectivity index (χ0) is 21.8. The molecule has 7 heteroatoms. The van der Waals surface area contributed by atoms with Crippen molar-refractivity contribution in [2.24, 2.45) is 0 Å². The van der Waals surface area contributed by atoms with Gasteiger partial charge in [0.2, 0.25) is 0 Å². The van der Waals surface area contributed by atoms with Gasteiger partial charge in [-0.1, -0.05) is 30.3 Å². The average Bonchev–Trinajstić information content (AvgIpc) is 2.81. The lowest BCUT2D eigenvalue weighted by Crippen LogP contribution is -2.49. The van der Waals surface area contributed by atoms with Crippen LogP contribution in [0.3, 0.4) is 0 Å². The predicted molar refractivity (Wildman–Crippen MR) is 119 cm³/mol. The van der Waals surface area contributed by atoms with Gasteiger partial charge in [0.05, 0.1) is 6.54 Å². The number of nitrogens with zero attached hydrogens (tertiary/aromatic N) is 4. The molecule has 31 heavy (non-hydrogen) atoms. The first-order chi connectivity index (χ1) is 15.0. The highest BCUT2D eigenvalue weighted by atomic mass is 16.2. The van der Waals surface area contributed by atoms with E-state index in [1.807, 2.05) is 54.6 Å². The Labute approximate surface area is 180 Å². The first kappa shape index (κ1) is 20.5. The van der Waals surface area contributed by atoms with Crippen LogP contribution in [0.25, 0.3) is 0 Å². The molecule has 1 aromatic heterocycles. The molecule has 1 saturated heterocycles. The van der Waals surface area contributed by atoms with Crippen LogP contribution in [0.1, 0.15) is 33.3 Å². The Morgan fingerprint density at radius 2 is 1.55 bits per heavy atom. The van der Waals surface area contributed by atoms with Gasteiger partial charge in [-0.05, 0) is 42.8 Å². The lowest BCUT2D eigenvalue weighted by molar-refractivity contribution is 0.0737. The number of benzene rings is 2. The van der Waals surface area contributed by atoms with Crippen LogP contribution in [0.4, 0.5) is 5.69 Å². The second kappa shape index (κ2) is 8.95. The number of anilines is 1. The number of hydrogen-bond acceptors (Lipinski definition) is 5.